The zero-order valence-electron chi connectivity index (χ0n) is 9.73. The Morgan fingerprint density at radius 2 is 2.06 bits per heavy atom. The molecule has 1 amide bonds. The van der Waals surface area contributed by atoms with Gasteiger partial charge in [-0.15, -0.1) is 0 Å². The predicted molar refractivity (Wildman–Crippen MR) is 62.0 cm³/mol. The molecule has 0 fully saturated rings. The van der Waals surface area contributed by atoms with Crippen LogP contribution in [0.3, 0.4) is 0 Å². The van der Waals surface area contributed by atoms with E-state index in [0.29, 0.717) is 11.7 Å². The first-order chi connectivity index (χ1) is 8.15. The summed E-state index contributed by atoms with van der Waals surface area (Å²) in [5.41, 5.74) is 2.07. The lowest BCUT2D eigenvalue weighted by atomic mass is 10.1. The summed E-state index contributed by atoms with van der Waals surface area (Å²) in [6.07, 6.45) is 0. The van der Waals surface area contributed by atoms with Crippen LogP contribution in [0, 0.1) is 6.92 Å². The van der Waals surface area contributed by atoms with E-state index < -0.39 is 0 Å². The van der Waals surface area contributed by atoms with Crippen molar-refractivity contribution in [3.05, 3.63) is 35.7 Å². The Kier molecular flexibility index (Phi) is 3.18. The van der Waals surface area contributed by atoms with Gasteiger partial charge in [0.2, 0.25) is 17.6 Å². The Bertz CT molecular complexity index is 517. The van der Waals surface area contributed by atoms with Crippen molar-refractivity contribution < 1.29 is 9.32 Å². The van der Waals surface area contributed by atoms with Gasteiger partial charge in [0.1, 0.15) is 0 Å². The molecule has 5 heteroatoms. The minimum Gasteiger partial charge on any atom is -0.347 e. The van der Waals surface area contributed by atoms with Crippen LogP contribution in [-0.4, -0.2) is 16.0 Å². The van der Waals surface area contributed by atoms with Crippen molar-refractivity contribution >= 4 is 5.91 Å². The lowest BCUT2D eigenvalue weighted by Crippen LogP contribution is -2.18. The van der Waals surface area contributed by atoms with Crippen LogP contribution in [0.2, 0.25) is 0 Å². The van der Waals surface area contributed by atoms with Crippen LogP contribution in [0.25, 0.3) is 11.4 Å². The topological polar surface area (TPSA) is 68.0 Å². The third-order valence-electron chi connectivity index (χ3n) is 2.27. The highest BCUT2D eigenvalue weighted by Crippen LogP contribution is 2.16. The highest BCUT2D eigenvalue weighted by Gasteiger charge is 2.08. The first kappa shape index (κ1) is 11.3. The fourth-order valence-corrected chi connectivity index (χ4v) is 1.35. The number of hydrogen-bond donors (Lipinski definition) is 1. The molecule has 0 aliphatic heterocycles. The van der Waals surface area contributed by atoms with Crippen LogP contribution in [0.5, 0.6) is 0 Å². The smallest absolute Gasteiger partial charge is 0.246 e. The minimum absolute atomic E-state index is 0.125. The van der Waals surface area contributed by atoms with Gasteiger partial charge in [-0.1, -0.05) is 35.0 Å². The van der Waals surface area contributed by atoms with Crippen LogP contribution in [0.4, 0.5) is 0 Å². The number of amides is 1. The predicted octanol–water partition coefficient (Wildman–Crippen LogP) is 1.68. The number of nitrogens with zero attached hydrogens (tertiary/aromatic N) is 2. The zero-order chi connectivity index (χ0) is 12.3. The Hall–Kier alpha value is -2.17. The standard InChI is InChI=1S/C12H13N3O2/c1-8-3-5-10(6-4-8)12-14-11(17-15-12)7-13-9(2)16/h3-6H,7H2,1-2H3,(H,13,16). The van der Waals surface area contributed by atoms with Crippen LogP contribution >= 0.6 is 0 Å². The normalized spacial score (nSPS) is 10.2. The molecule has 0 unspecified atom stereocenters. The Labute approximate surface area is 98.8 Å². The van der Waals surface area contributed by atoms with Gasteiger partial charge in [0.15, 0.2) is 0 Å². The third-order valence-corrected chi connectivity index (χ3v) is 2.27. The average molecular weight is 231 g/mol. The van der Waals surface area contributed by atoms with E-state index in [-0.39, 0.29) is 12.5 Å². The molecule has 0 aliphatic carbocycles. The summed E-state index contributed by atoms with van der Waals surface area (Å²) < 4.78 is 5.02. The third kappa shape index (κ3) is 2.90. The van der Waals surface area contributed by atoms with Crippen LogP contribution < -0.4 is 5.32 Å². The van der Waals surface area contributed by atoms with Gasteiger partial charge in [-0.2, -0.15) is 4.98 Å². The molecule has 17 heavy (non-hydrogen) atoms. The van der Waals surface area contributed by atoms with Crippen molar-refractivity contribution in [2.24, 2.45) is 0 Å². The molecule has 1 N–H and O–H groups in total. The summed E-state index contributed by atoms with van der Waals surface area (Å²) >= 11 is 0. The molecule has 1 heterocycles. The molecule has 1 aromatic carbocycles. The molecule has 0 radical (unpaired) electrons. The lowest BCUT2D eigenvalue weighted by Gasteiger charge is -1.95. The Balaban J connectivity index is 2.12. The Morgan fingerprint density at radius 3 is 2.71 bits per heavy atom. The maximum absolute atomic E-state index is 10.7. The number of aromatic nitrogens is 2. The van der Waals surface area contributed by atoms with E-state index in [1.165, 1.54) is 12.5 Å². The van der Waals surface area contributed by atoms with E-state index in [1.807, 2.05) is 31.2 Å². The van der Waals surface area contributed by atoms with Crippen molar-refractivity contribution in [3.63, 3.8) is 0 Å². The van der Waals surface area contributed by atoms with E-state index >= 15 is 0 Å². The van der Waals surface area contributed by atoms with E-state index in [1.54, 1.807) is 0 Å². The molecular weight excluding hydrogens is 218 g/mol. The average Bonchev–Trinajstić information content (AvgIpc) is 2.76. The molecule has 2 rings (SSSR count). The summed E-state index contributed by atoms with van der Waals surface area (Å²) in [6, 6.07) is 7.84. The van der Waals surface area contributed by atoms with Gasteiger partial charge >= 0.3 is 0 Å². The lowest BCUT2D eigenvalue weighted by molar-refractivity contribution is -0.119. The highest BCUT2D eigenvalue weighted by atomic mass is 16.5. The summed E-state index contributed by atoms with van der Waals surface area (Å²) in [7, 11) is 0. The second kappa shape index (κ2) is 4.78. The first-order valence-corrected chi connectivity index (χ1v) is 5.29. The molecule has 0 atom stereocenters. The van der Waals surface area contributed by atoms with Crippen LogP contribution in [-0.2, 0) is 11.3 Å². The Morgan fingerprint density at radius 1 is 1.35 bits per heavy atom. The molecule has 0 saturated carbocycles. The van der Waals surface area contributed by atoms with Gasteiger partial charge in [-0.05, 0) is 6.92 Å². The first-order valence-electron chi connectivity index (χ1n) is 5.29. The van der Waals surface area contributed by atoms with Crippen LogP contribution in [0.15, 0.2) is 28.8 Å². The largest absolute Gasteiger partial charge is 0.347 e. The molecule has 88 valence electrons. The molecule has 2 aromatic rings. The van der Waals surface area contributed by atoms with E-state index in [4.69, 9.17) is 4.52 Å². The molecule has 0 spiro atoms. The summed E-state index contributed by atoms with van der Waals surface area (Å²) in [4.78, 5) is 14.9. The number of aryl methyl sites for hydroxylation is 1. The highest BCUT2D eigenvalue weighted by molar-refractivity contribution is 5.72. The SMILES string of the molecule is CC(=O)NCc1nc(-c2ccc(C)cc2)no1. The fraction of sp³-hybridized carbons (Fsp3) is 0.250. The number of rotatable bonds is 3. The van der Waals surface area contributed by atoms with Crippen molar-refractivity contribution in [2.45, 2.75) is 20.4 Å². The molecule has 0 aliphatic rings. The minimum atomic E-state index is -0.125. The summed E-state index contributed by atoms with van der Waals surface area (Å²) in [5, 5.41) is 6.46. The van der Waals surface area contributed by atoms with Gasteiger partial charge in [0.05, 0.1) is 6.54 Å². The zero-order valence-corrected chi connectivity index (χ0v) is 9.73. The van der Waals surface area contributed by atoms with Gasteiger partial charge in [-0.3, -0.25) is 4.79 Å². The fourth-order valence-electron chi connectivity index (χ4n) is 1.35. The molecule has 5 nitrogen and oxygen atoms in total. The van der Waals surface area contributed by atoms with Gasteiger partial charge in [-0.25, -0.2) is 0 Å². The van der Waals surface area contributed by atoms with Crippen LogP contribution in [0.1, 0.15) is 18.4 Å². The van der Waals surface area contributed by atoms with E-state index in [0.717, 1.165) is 5.56 Å². The summed E-state index contributed by atoms with van der Waals surface area (Å²) in [6.45, 7) is 3.72. The van der Waals surface area contributed by atoms with Crippen molar-refractivity contribution in [2.75, 3.05) is 0 Å². The monoisotopic (exact) mass is 231 g/mol. The number of benzene rings is 1. The second-order valence-corrected chi connectivity index (χ2v) is 3.79. The van der Waals surface area contributed by atoms with Crippen molar-refractivity contribution in [1.29, 1.82) is 0 Å². The maximum atomic E-state index is 10.7. The molecule has 0 bridgehead atoms. The van der Waals surface area contributed by atoms with Crippen molar-refractivity contribution in [1.82, 2.24) is 15.5 Å². The van der Waals surface area contributed by atoms with E-state index in [2.05, 4.69) is 15.5 Å². The van der Waals surface area contributed by atoms with E-state index in [9.17, 15) is 4.79 Å². The number of carbonyl (C=O) groups excluding carboxylic acids is 1. The van der Waals surface area contributed by atoms with Crippen molar-refractivity contribution in [3.8, 4) is 11.4 Å². The number of carbonyl (C=O) groups is 1. The molecular formula is C12H13N3O2. The second-order valence-electron chi connectivity index (χ2n) is 3.79. The van der Waals surface area contributed by atoms with Gasteiger partial charge in [0, 0.05) is 12.5 Å². The summed E-state index contributed by atoms with van der Waals surface area (Å²) in [5.74, 6) is 0.807. The molecule has 0 saturated heterocycles. The number of nitrogens with one attached hydrogen (secondary N) is 1. The molecule has 1 aromatic heterocycles. The van der Waals surface area contributed by atoms with Gasteiger partial charge < -0.3 is 9.84 Å². The maximum Gasteiger partial charge on any atom is 0.246 e. The quantitative estimate of drug-likeness (QED) is 0.872. The number of hydrogen-bond acceptors (Lipinski definition) is 4. The van der Waals surface area contributed by atoms with Gasteiger partial charge in [0.25, 0.3) is 0 Å².